The Morgan fingerprint density at radius 3 is 1.72 bits per heavy atom. The van der Waals surface area contributed by atoms with Crippen molar-refractivity contribution in [2.75, 3.05) is 0 Å². The minimum atomic E-state index is -1.14. The van der Waals surface area contributed by atoms with Gasteiger partial charge in [-0.15, -0.1) is 0 Å². The van der Waals surface area contributed by atoms with Gasteiger partial charge in [-0.3, -0.25) is 9.59 Å². The number of hydrogen-bond acceptors (Lipinski definition) is 6. The fraction of sp³-hybridized carbons (Fsp3) is 0.833. The van der Waals surface area contributed by atoms with Gasteiger partial charge in [0.2, 0.25) is 0 Å². The van der Waals surface area contributed by atoms with Gasteiger partial charge in [-0.25, -0.2) is 0 Å². The number of carbonyl (C=O) groups excluding carboxylic acids is 2. The molecule has 0 aromatic carbocycles. The predicted molar refractivity (Wildman–Crippen MR) is 72.0 cm³/mol. The maximum atomic E-state index is 11.4. The zero-order valence-corrected chi connectivity index (χ0v) is 12.6. The van der Waals surface area contributed by atoms with E-state index >= 15 is 0 Å². The van der Waals surface area contributed by atoms with Gasteiger partial charge < -0.3 is 9.47 Å². The molecule has 2 fully saturated rings. The smallest absolute Gasteiger partial charge is 0.359 e. The molecule has 2 atom stereocenters. The summed E-state index contributed by atoms with van der Waals surface area (Å²) < 4.78 is 9.48. The van der Waals surface area contributed by atoms with Gasteiger partial charge in [-0.05, 0) is 11.8 Å². The van der Waals surface area contributed by atoms with Gasteiger partial charge in [0.05, 0.1) is 0 Å². The van der Waals surface area contributed by atoms with Crippen LogP contribution in [0.15, 0.2) is 0 Å². The molecular formula is C12H18O4S2. The standard InChI is InChI=1S/C12H18O4S2/c1-6(2)10-11(7(3)4)18-12(17-10)15-8(13)5-9(14)16-12/h6-7,10-11H,5H2,1-4H3. The first-order valence-electron chi connectivity index (χ1n) is 6.12. The van der Waals surface area contributed by atoms with Crippen molar-refractivity contribution < 1.29 is 19.1 Å². The van der Waals surface area contributed by atoms with Crippen molar-refractivity contribution in [3.05, 3.63) is 0 Å². The van der Waals surface area contributed by atoms with Crippen LogP contribution < -0.4 is 0 Å². The average molecular weight is 290 g/mol. The minimum Gasteiger partial charge on any atom is -0.403 e. The molecule has 2 rings (SSSR count). The highest BCUT2D eigenvalue weighted by Gasteiger charge is 2.56. The molecule has 2 unspecified atom stereocenters. The molecule has 0 aromatic heterocycles. The van der Waals surface area contributed by atoms with Gasteiger partial charge in [-0.1, -0.05) is 51.2 Å². The maximum Gasteiger partial charge on any atom is 0.359 e. The summed E-state index contributed by atoms with van der Waals surface area (Å²) in [4.78, 5) is 22.9. The summed E-state index contributed by atoms with van der Waals surface area (Å²) in [6, 6.07) is 0. The van der Waals surface area contributed by atoms with E-state index in [0.717, 1.165) is 0 Å². The number of thioether (sulfide) groups is 2. The van der Waals surface area contributed by atoms with Crippen LogP contribution in [-0.4, -0.2) is 26.9 Å². The molecule has 0 amide bonds. The van der Waals surface area contributed by atoms with Crippen molar-refractivity contribution in [2.24, 2.45) is 11.8 Å². The number of carbonyl (C=O) groups is 2. The molecule has 2 heterocycles. The number of ether oxygens (including phenoxy) is 2. The summed E-state index contributed by atoms with van der Waals surface area (Å²) in [7, 11) is 0. The Morgan fingerprint density at radius 2 is 1.39 bits per heavy atom. The van der Waals surface area contributed by atoms with E-state index in [0.29, 0.717) is 22.3 Å². The summed E-state index contributed by atoms with van der Waals surface area (Å²) in [5, 5.41) is 0.627. The molecule has 4 nitrogen and oxygen atoms in total. The number of hydrogen-bond donors (Lipinski definition) is 0. The highest BCUT2D eigenvalue weighted by atomic mass is 32.2. The van der Waals surface area contributed by atoms with E-state index in [1.54, 1.807) is 0 Å². The van der Waals surface area contributed by atoms with E-state index in [-0.39, 0.29) is 6.42 Å². The third-order valence-corrected chi connectivity index (χ3v) is 6.84. The van der Waals surface area contributed by atoms with E-state index in [1.165, 1.54) is 23.5 Å². The van der Waals surface area contributed by atoms with Gasteiger partial charge in [-0.2, -0.15) is 0 Å². The van der Waals surface area contributed by atoms with Crippen LogP contribution in [0.25, 0.3) is 0 Å². The molecule has 18 heavy (non-hydrogen) atoms. The zero-order chi connectivity index (χ0) is 13.5. The number of rotatable bonds is 2. The van der Waals surface area contributed by atoms with Gasteiger partial charge >= 0.3 is 16.4 Å². The summed E-state index contributed by atoms with van der Waals surface area (Å²) >= 11 is 2.93. The van der Waals surface area contributed by atoms with Crippen LogP contribution in [0.2, 0.25) is 0 Å². The second-order valence-electron chi connectivity index (χ2n) is 5.28. The Hall–Kier alpha value is -0.360. The molecule has 0 saturated carbocycles. The molecule has 2 saturated heterocycles. The topological polar surface area (TPSA) is 52.6 Å². The summed E-state index contributed by atoms with van der Waals surface area (Å²) in [5.74, 6) is -0.0986. The molecule has 0 aromatic rings. The minimum absolute atomic E-state index is 0.276. The first-order chi connectivity index (χ1) is 8.33. The van der Waals surface area contributed by atoms with Crippen molar-refractivity contribution in [3.63, 3.8) is 0 Å². The third kappa shape index (κ3) is 2.64. The van der Waals surface area contributed by atoms with Crippen LogP contribution in [0.5, 0.6) is 0 Å². The first-order valence-corrected chi connectivity index (χ1v) is 7.88. The Balaban J connectivity index is 2.21. The van der Waals surface area contributed by atoms with E-state index in [9.17, 15) is 9.59 Å². The van der Waals surface area contributed by atoms with Crippen LogP contribution in [0.3, 0.4) is 0 Å². The maximum absolute atomic E-state index is 11.4. The van der Waals surface area contributed by atoms with Crippen LogP contribution in [-0.2, 0) is 19.1 Å². The van der Waals surface area contributed by atoms with Crippen LogP contribution in [0, 0.1) is 11.8 Å². The van der Waals surface area contributed by atoms with E-state index in [4.69, 9.17) is 9.47 Å². The average Bonchev–Trinajstić information content (AvgIpc) is 2.55. The van der Waals surface area contributed by atoms with E-state index in [2.05, 4.69) is 27.7 Å². The summed E-state index contributed by atoms with van der Waals surface area (Å²) in [6.07, 6.45) is -0.276. The highest BCUT2D eigenvalue weighted by Crippen LogP contribution is 2.58. The Morgan fingerprint density at radius 1 is 1.00 bits per heavy atom. The normalized spacial score (nSPS) is 31.0. The second kappa shape index (κ2) is 4.96. The molecule has 0 aliphatic carbocycles. The lowest BCUT2D eigenvalue weighted by molar-refractivity contribution is -0.193. The van der Waals surface area contributed by atoms with Crippen molar-refractivity contribution in [2.45, 2.75) is 49.1 Å². The quantitative estimate of drug-likeness (QED) is 0.575. The largest absolute Gasteiger partial charge is 0.403 e. The summed E-state index contributed by atoms with van der Waals surface area (Å²) in [6.45, 7) is 8.55. The first kappa shape index (κ1) is 14.1. The number of esters is 2. The van der Waals surface area contributed by atoms with E-state index in [1.807, 2.05) is 0 Å². The third-order valence-electron chi connectivity index (χ3n) is 2.97. The van der Waals surface area contributed by atoms with Gasteiger partial charge in [0.1, 0.15) is 6.42 Å². The van der Waals surface area contributed by atoms with Gasteiger partial charge in [0.25, 0.3) is 0 Å². The van der Waals surface area contributed by atoms with Gasteiger partial charge in [0.15, 0.2) is 0 Å². The van der Waals surface area contributed by atoms with Crippen LogP contribution in [0.1, 0.15) is 34.1 Å². The molecule has 6 heteroatoms. The van der Waals surface area contributed by atoms with Crippen molar-refractivity contribution >= 4 is 35.5 Å². The Bertz CT molecular complexity index is 333. The van der Waals surface area contributed by atoms with Crippen molar-refractivity contribution in [1.82, 2.24) is 0 Å². The fourth-order valence-corrected chi connectivity index (χ4v) is 6.01. The molecular weight excluding hydrogens is 272 g/mol. The monoisotopic (exact) mass is 290 g/mol. The molecule has 1 spiro atoms. The molecule has 0 N–H and O–H groups in total. The lowest BCUT2D eigenvalue weighted by Crippen LogP contribution is -2.38. The lowest BCUT2D eigenvalue weighted by atomic mass is 9.99. The second-order valence-corrected chi connectivity index (χ2v) is 8.17. The van der Waals surface area contributed by atoms with Crippen LogP contribution in [0.4, 0.5) is 0 Å². The Kier molecular flexibility index (Phi) is 3.88. The molecule has 0 radical (unpaired) electrons. The summed E-state index contributed by atoms with van der Waals surface area (Å²) in [5.41, 5.74) is 0. The van der Waals surface area contributed by atoms with Crippen molar-refractivity contribution in [1.29, 1.82) is 0 Å². The van der Waals surface area contributed by atoms with Crippen molar-refractivity contribution in [3.8, 4) is 0 Å². The molecule has 2 aliphatic heterocycles. The predicted octanol–water partition coefficient (Wildman–Crippen LogP) is 2.62. The van der Waals surface area contributed by atoms with E-state index < -0.39 is 16.4 Å². The molecule has 102 valence electrons. The highest BCUT2D eigenvalue weighted by molar-refractivity contribution is 8.21. The van der Waals surface area contributed by atoms with Gasteiger partial charge in [0, 0.05) is 10.5 Å². The molecule has 0 bridgehead atoms. The zero-order valence-electron chi connectivity index (χ0n) is 11.0. The van der Waals surface area contributed by atoms with Crippen LogP contribution >= 0.6 is 23.5 Å². The lowest BCUT2D eigenvalue weighted by Gasteiger charge is -2.30. The fourth-order valence-electron chi connectivity index (χ4n) is 2.11. The molecule has 2 aliphatic rings. The SMILES string of the molecule is CC(C)C1SC2(OC(=O)CC(=O)O2)SC1C(C)C. The Labute approximate surface area is 116 Å².